The van der Waals surface area contributed by atoms with Crippen LogP contribution in [0.5, 0.6) is 0 Å². The topological polar surface area (TPSA) is 51.5 Å². The van der Waals surface area contributed by atoms with Crippen molar-refractivity contribution < 1.29 is 18.7 Å². The Labute approximate surface area is 187 Å². The van der Waals surface area contributed by atoms with E-state index in [0.717, 1.165) is 40.6 Å². The van der Waals surface area contributed by atoms with E-state index in [1.807, 2.05) is 46.8 Å². The van der Waals surface area contributed by atoms with Crippen molar-refractivity contribution in [3.8, 4) is 0 Å². The summed E-state index contributed by atoms with van der Waals surface area (Å²) in [7, 11) is 1.86. The summed E-state index contributed by atoms with van der Waals surface area (Å²) in [5, 5.41) is 0.819. The molecule has 0 fully saturated rings. The van der Waals surface area contributed by atoms with Gasteiger partial charge in [0.05, 0.1) is 6.61 Å². The van der Waals surface area contributed by atoms with Gasteiger partial charge in [-0.05, 0) is 61.9 Å². The average molecular weight is 437 g/mol. The highest BCUT2D eigenvalue weighted by Crippen LogP contribution is 2.34. The van der Waals surface area contributed by atoms with Crippen LogP contribution in [-0.2, 0) is 40.1 Å². The molecule has 0 saturated heterocycles. The number of carbonyl (C=O) groups is 2. The molecule has 0 saturated carbocycles. The molecule has 168 valence electrons. The third-order valence-corrected chi connectivity index (χ3v) is 6.41. The predicted molar refractivity (Wildman–Crippen MR) is 122 cm³/mol. The molecule has 0 radical (unpaired) electrons. The summed E-state index contributed by atoms with van der Waals surface area (Å²) in [4.78, 5) is 26.9. The molecule has 0 N–H and O–H groups in total. The van der Waals surface area contributed by atoms with Gasteiger partial charge in [0.25, 0.3) is 0 Å². The van der Waals surface area contributed by atoms with Crippen molar-refractivity contribution in [3.05, 3.63) is 71.2 Å². The normalized spacial score (nSPS) is 15.4. The second-order valence-corrected chi connectivity index (χ2v) is 8.36. The lowest BCUT2D eigenvalue weighted by atomic mass is 9.90. The number of amides is 1. The van der Waals surface area contributed by atoms with E-state index >= 15 is 0 Å². The highest BCUT2D eigenvalue weighted by Gasteiger charge is 2.30. The number of benzene rings is 2. The van der Waals surface area contributed by atoms with E-state index in [-0.39, 0.29) is 30.3 Å². The van der Waals surface area contributed by atoms with Gasteiger partial charge >= 0.3 is 5.97 Å². The van der Waals surface area contributed by atoms with Crippen LogP contribution in [0.1, 0.15) is 36.6 Å². The Balaban J connectivity index is 1.54. The van der Waals surface area contributed by atoms with Gasteiger partial charge in [-0.15, -0.1) is 0 Å². The second-order valence-electron chi connectivity index (χ2n) is 8.36. The van der Waals surface area contributed by atoms with Gasteiger partial charge in [0.15, 0.2) is 0 Å². The van der Waals surface area contributed by atoms with Crippen molar-refractivity contribution in [1.29, 1.82) is 0 Å². The van der Waals surface area contributed by atoms with Gasteiger partial charge in [-0.3, -0.25) is 9.59 Å². The van der Waals surface area contributed by atoms with Crippen LogP contribution in [-0.4, -0.2) is 41.0 Å². The molecule has 0 bridgehead atoms. The highest BCUT2D eigenvalue weighted by molar-refractivity contribution is 5.87. The number of ether oxygens (including phenoxy) is 1. The maximum Gasteiger partial charge on any atom is 0.325 e. The van der Waals surface area contributed by atoms with Gasteiger partial charge in [0.2, 0.25) is 5.91 Å². The number of likely N-dealkylation sites (N-methyl/N-ethyl adjacent to an activating group) is 1. The molecule has 0 aliphatic heterocycles. The van der Waals surface area contributed by atoms with Crippen LogP contribution in [0.3, 0.4) is 0 Å². The van der Waals surface area contributed by atoms with Crippen molar-refractivity contribution in [2.75, 3.05) is 13.7 Å². The maximum atomic E-state index is 14.1. The minimum atomic E-state index is -0.303. The van der Waals surface area contributed by atoms with Gasteiger partial charge in [-0.25, -0.2) is 4.39 Å². The van der Waals surface area contributed by atoms with E-state index in [9.17, 15) is 14.0 Å². The van der Waals surface area contributed by atoms with Crippen LogP contribution in [0.4, 0.5) is 4.39 Å². The Hall–Kier alpha value is -3.15. The zero-order valence-corrected chi connectivity index (χ0v) is 18.6. The first kappa shape index (κ1) is 22.1. The summed E-state index contributed by atoms with van der Waals surface area (Å²) in [6.45, 7) is 2.22. The fraction of sp³-hybridized carbons (Fsp3) is 0.385. The Bertz CT molecular complexity index is 1120. The molecule has 3 aromatic rings. The van der Waals surface area contributed by atoms with Crippen molar-refractivity contribution in [1.82, 2.24) is 9.47 Å². The minimum absolute atomic E-state index is 0.0516. The fourth-order valence-corrected chi connectivity index (χ4v) is 4.73. The summed E-state index contributed by atoms with van der Waals surface area (Å²) in [5.41, 5.74) is 4.06. The standard InChI is InChI=1S/C26H29FN2O3/c1-3-32-26(31)17-29-23-12-10-19(27)15-21(23)22-16-20(11-13-24(22)29)28(2)25(30)14-9-18-7-5-4-6-8-18/h4-8,10,12,15,20H,3,9,11,13-14,16-17H2,1-2H3/t20-/m0/s1. The molecule has 1 amide bonds. The number of hydrogen-bond donors (Lipinski definition) is 0. The van der Waals surface area contributed by atoms with Crippen molar-refractivity contribution in [2.45, 2.75) is 51.6 Å². The lowest BCUT2D eigenvalue weighted by Crippen LogP contribution is -2.41. The van der Waals surface area contributed by atoms with E-state index < -0.39 is 0 Å². The first-order valence-corrected chi connectivity index (χ1v) is 11.2. The Morgan fingerprint density at radius 3 is 2.72 bits per heavy atom. The van der Waals surface area contributed by atoms with Crippen molar-refractivity contribution >= 4 is 22.8 Å². The van der Waals surface area contributed by atoms with Crippen LogP contribution >= 0.6 is 0 Å². The molecular weight excluding hydrogens is 407 g/mol. The summed E-state index contributed by atoms with van der Waals surface area (Å²) >= 11 is 0. The first-order valence-electron chi connectivity index (χ1n) is 11.2. The molecule has 1 aliphatic rings. The molecule has 0 spiro atoms. The number of carbonyl (C=O) groups excluding carboxylic acids is 2. The lowest BCUT2D eigenvalue weighted by Gasteiger charge is -2.32. The van der Waals surface area contributed by atoms with E-state index in [2.05, 4.69) is 0 Å². The van der Waals surface area contributed by atoms with Crippen LogP contribution in [0.25, 0.3) is 10.9 Å². The average Bonchev–Trinajstić information content (AvgIpc) is 3.09. The Kier molecular flexibility index (Phi) is 6.58. The van der Waals surface area contributed by atoms with Gasteiger partial charge in [0.1, 0.15) is 12.4 Å². The second kappa shape index (κ2) is 9.55. The van der Waals surface area contributed by atoms with Gasteiger partial charge in [0, 0.05) is 36.1 Å². The highest BCUT2D eigenvalue weighted by atomic mass is 19.1. The summed E-state index contributed by atoms with van der Waals surface area (Å²) < 4.78 is 21.2. The van der Waals surface area contributed by atoms with Crippen molar-refractivity contribution in [3.63, 3.8) is 0 Å². The predicted octanol–water partition coefficient (Wildman–Crippen LogP) is 4.29. The van der Waals surface area contributed by atoms with E-state index in [0.29, 0.717) is 25.9 Å². The fourth-order valence-electron chi connectivity index (χ4n) is 4.73. The SMILES string of the molecule is CCOC(=O)Cn1c2c(c3cc(F)ccc31)C[C@@H](N(C)C(=O)CCc1ccccc1)CC2. The van der Waals surface area contributed by atoms with Gasteiger partial charge in [-0.2, -0.15) is 0 Å². The molecule has 32 heavy (non-hydrogen) atoms. The van der Waals surface area contributed by atoms with Crippen LogP contribution in [0.15, 0.2) is 48.5 Å². The zero-order chi connectivity index (χ0) is 22.7. The summed E-state index contributed by atoms with van der Waals surface area (Å²) in [6.07, 6.45) is 3.36. The number of aryl methyl sites for hydroxylation is 1. The van der Waals surface area contributed by atoms with E-state index in [1.165, 1.54) is 12.1 Å². The number of halogens is 1. The van der Waals surface area contributed by atoms with E-state index in [1.54, 1.807) is 13.0 Å². The van der Waals surface area contributed by atoms with Crippen molar-refractivity contribution in [2.24, 2.45) is 0 Å². The third kappa shape index (κ3) is 4.54. The van der Waals surface area contributed by atoms with Crippen LogP contribution in [0.2, 0.25) is 0 Å². The summed E-state index contributed by atoms with van der Waals surface area (Å²) in [6, 6.07) is 14.7. The third-order valence-electron chi connectivity index (χ3n) is 6.41. The largest absolute Gasteiger partial charge is 0.465 e. The lowest BCUT2D eigenvalue weighted by molar-refractivity contribution is -0.143. The molecule has 1 aromatic heterocycles. The zero-order valence-electron chi connectivity index (χ0n) is 18.6. The first-order chi connectivity index (χ1) is 15.5. The molecule has 4 rings (SSSR count). The smallest absolute Gasteiger partial charge is 0.325 e. The number of hydrogen-bond acceptors (Lipinski definition) is 3. The minimum Gasteiger partial charge on any atom is -0.465 e. The molecule has 2 aromatic carbocycles. The van der Waals surface area contributed by atoms with Gasteiger partial charge < -0.3 is 14.2 Å². The molecule has 1 aliphatic carbocycles. The summed E-state index contributed by atoms with van der Waals surface area (Å²) in [5.74, 6) is -0.487. The molecular formula is C26H29FN2O3. The Morgan fingerprint density at radius 2 is 1.97 bits per heavy atom. The monoisotopic (exact) mass is 436 g/mol. The van der Waals surface area contributed by atoms with Crippen LogP contribution < -0.4 is 0 Å². The maximum absolute atomic E-state index is 14.1. The molecule has 0 unspecified atom stereocenters. The number of fused-ring (bicyclic) bond motifs is 3. The number of nitrogens with zero attached hydrogens (tertiary/aromatic N) is 2. The number of aromatic nitrogens is 1. The molecule has 6 heteroatoms. The van der Waals surface area contributed by atoms with Gasteiger partial charge in [-0.1, -0.05) is 30.3 Å². The molecule has 5 nitrogen and oxygen atoms in total. The van der Waals surface area contributed by atoms with Crippen LogP contribution in [0, 0.1) is 5.82 Å². The molecule has 1 atom stereocenters. The number of esters is 1. The van der Waals surface area contributed by atoms with E-state index in [4.69, 9.17) is 4.74 Å². The molecule has 1 heterocycles. The number of rotatable bonds is 7. The quantitative estimate of drug-likeness (QED) is 0.519. The Morgan fingerprint density at radius 1 is 1.19 bits per heavy atom.